The largest absolute Gasteiger partial charge is 0.494 e. The number of anilines is 3. The van der Waals surface area contributed by atoms with Crippen LogP contribution in [0.15, 0.2) is 42.5 Å². The first-order valence-corrected chi connectivity index (χ1v) is 11.7. The molecule has 2 aromatic rings. The summed E-state index contributed by atoms with van der Waals surface area (Å²) in [6.45, 7) is 0.352. The number of benzene rings is 2. The summed E-state index contributed by atoms with van der Waals surface area (Å²) < 4.78 is 5.74. The highest BCUT2D eigenvalue weighted by atomic mass is 16.5. The van der Waals surface area contributed by atoms with Crippen LogP contribution in [0, 0.1) is 0 Å². The normalized spacial score (nSPS) is 14.6. The van der Waals surface area contributed by atoms with Gasteiger partial charge in [-0.2, -0.15) is 0 Å². The third-order valence-electron chi connectivity index (χ3n) is 5.74. The summed E-state index contributed by atoms with van der Waals surface area (Å²) in [7, 11) is 0. The number of imide groups is 1. The van der Waals surface area contributed by atoms with E-state index in [4.69, 9.17) is 4.74 Å². The van der Waals surface area contributed by atoms with Gasteiger partial charge in [-0.3, -0.25) is 24.1 Å². The summed E-state index contributed by atoms with van der Waals surface area (Å²) in [5, 5.41) is 10.7. The second-order valence-electron chi connectivity index (χ2n) is 8.45. The topological polar surface area (TPSA) is 146 Å². The van der Waals surface area contributed by atoms with Gasteiger partial charge in [0.05, 0.1) is 13.2 Å². The lowest BCUT2D eigenvalue weighted by Crippen LogP contribution is -2.33. The Labute approximate surface area is 207 Å². The highest BCUT2D eigenvalue weighted by molar-refractivity contribution is 6.02. The van der Waals surface area contributed by atoms with E-state index in [1.165, 1.54) is 0 Å². The molecule has 0 unspecified atom stereocenters. The van der Waals surface area contributed by atoms with Crippen LogP contribution in [0.1, 0.15) is 31.2 Å². The molecule has 0 aliphatic carbocycles. The molecule has 6 amide bonds. The molecule has 2 aromatic carbocycles. The van der Waals surface area contributed by atoms with Gasteiger partial charge in [-0.1, -0.05) is 0 Å². The predicted octanol–water partition coefficient (Wildman–Crippen LogP) is 2.25. The molecule has 188 valence electrons. The highest BCUT2D eigenvalue weighted by Crippen LogP contribution is 2.27. The predicted molar refractivity (Wildman–Crippen MR) is 132 cm³/mol. The number of fused-ring (bicyclic) bond motifs is 1. The molecule has 0 spiro atoms. The number of carbonyl (C=O) groups is 5. The van der Waals surface area contributed by atoms with Crippen molar-refractivity contribution in [1.82, 2.24) is 10.2 Å². The number of aryl methyl sites for hydroxylation is 1. The number of amides is 6. The lowest BCUT2D eigenvalue weighted by atomic mass is 10.0. The van der Waals surface area contributed by atoms with Crippen molar-refractivity contribution in [3.63, 3.8) is 0 Å². The van der Waals surface area contributed by atoms with Crippen LogP contribution in [0.3, 0.4) is 0 Å². The summed E-state index contributed by atoms with van der Waals surface area (Å²) >= 11 is 0. The number of rotatable bonds is 10. The smallest absolute Gasteiger partial charge is 0.324 e. The van der Waals surface area contributed by atoms with Gasteiger partial charge in [-0.15, -0.1) is 0 Å². The summed E-state index contributed by atoms with van der Waals surface area (Å²) in [6, 6.07) is 11.7. The Kier molecular flexibility index (Phi) is 7.79. The molecule has 36 heavy (non-hydrogen) atoms. The van der Waals surface area contributed by atoms with Crippen LogP contribution in [0.4, 0.5) is 21.9 Å². The zero-order valence-electron chi connectivity index (χ0n) is 19.6. The van der Waals surface area contributed by atoms with Gasteiger partial charge in [0.25, 0.3) is 0 Å². The minimum atomic E-state index is -0.491. The zero-order valence-corrected chi connectivity index (χ0v) is 19.6. The Hall–Kier alpha value is -4.41. The Morgan fingerprint density at radius 2 is 1.61 bits per heavy atom. The Morgan fingerprint density at radius 1 is 0.917 bits per heavy atom. The lowest BCUT2D eigenvalue weighted by Gasteiger charge is -2.17. The number of nitrogens with zero attached hydrogens (tertiary/aromatic N) is 1. The molecule has 11 nitrogen and oxygen atoms in total. The minimum absolute atomic E-state index is 0.0122. The van der Waals surface area contributed by atoms with E-state index >= 15 is 0 Å². The van der Waals surface area contributed by atoms with E-state index in [1.807, 2.05) is 12.1 Å². The first-order chi connectivity index (χ1) is 17.4. The molecule has 0 atom stereocenters. The molecule has 1 fully saturated rings. The average molecular weight is 494 g/mol. The summed E-state index contributed by atoms with van der Waals surface area (Å²) in [6.07, 6.45) is 1.95. The van der Waals surface area contributed by atoms with Gasteiger partial charge < -0.3 is 26.0 Å². The number of hydrogen-bond donors (Lipinski definition) is 4. The maximum atomic E-state index is 12.2. The SMILES string of the molecule is O=C(CCCOc1ccc2c(c1)CCC(=O)N2)Nc1ccc(NC(=O)CCN2C(=O)CNC2=O)cc1. The van der Waals surface area contributed by atoms with Crippen molar-refractivity contribution in [2.45, 2.75) is 32.1 Å². The third kappa shape index (κ3) is 6.59. The number of carbonyl (C=O) groups excluding carboxylic acids is 5. The molecule has 0 bridgehead atoms. The fourth-order valence-corrected chi connectivity index (χ4v) is 3.85. The van der Waals surface area contributed by atoms with Gasteiger partial charge in [-0.05, 0) is 60.9 Å². The van der Waals surface area contributed by atoms with E-state index in [9.17, 15) is 24.0 Å². The van der Waals surface area contributed by atoms with Crippen LogP contribution in [-0.2, 0) is 25.6 Å². The first-order valence-electron chi connectivity index (χ1n) is 11.7. The van der Waals surface area contributed by atoms with Crippen molar-refractivity contribution in [1.29, 1.82) is 0 Å². The molecule has 2 heterocycles. The Morgan fingerprint density at radius 3 is 2.28 bits per heavy atom. The summed E-state index contributed by atoms with van der Waals surface area (Å²) in [4.78, 5) is 59.8. The number of nitrogens with one attached hydrogen (secondary N) is 4. The van der Waals surface area contributed by atoms with E-state index in [2.05, 4.69) is 21.3 Å². The van der Waals surface area contributed by atoms with Crippen molar-refractivity contribution in [3.8, 4) is 5.75 Å². The molecule has 0 saturated carbocycles. The monoisotopic (exact) mass is 493 g/mol. The van der Waals surface area contributed by atoms with E-state index < -0.39 is 6.03 Å². The van der Waals surface area contributed by atoms with E-state index in [0.29, 0.717) is 43.0 Å². The van der Waals surface area contributed by atoms with Gasteiger partial charge in [0.1, 0.15) is 5.75 Å². The van der Waals surface area contributed by atoms with Crippen molar-refractivity contribution in [3.05, 3.63) is 48.0 Å². The number of ether oxygens (including phenoxy) is 1. The van der Waals surface area contributed by atoms with Crippen LogP contribution >= 0.6 is 0 Å². The molecular formula is C25H27N5O6. The quantitative estimate of drug-likeness (QED) is 0.295. The van der Waals surface area contributed by atoms with Crippen molar-refractivity contribution in [2.24, 2.45) is 0 Å². The zero-order chi connectivity index (χ0) is 25.5. The maximum Gasteiger partial charge on any atom is 0.324 e. The second kappa shape index (κ2) is 11.3. The molecular weight excluding hydrogens is 466 g/mol. The average Bonchev–Trinajstić information content (AvgIpc) is 3.18. The van der Waals surface area contributed by atoms with Crippen LogP contribution in [0.2, 0.25) is 0 Å². The van der Waals surface area contributed by atoms with E-state index in [-0.39, 0.29) is 49.6 Å². The fourth-order valence-electron chi connectivity index (χ4n) is 3.85. The number of hydrogen-bond acceptors (Lipinski definition) is 6. The van der Waals surface area contributed by atoms with E-state index in [0.717, 1.165) is 16.2 Å². The van der Waals surface area contributed by atoms with Gasteiger partial charge in [-0.25, -0.2) is 4.79 Å². The van der Waals surface area contributed by atoms with Gasteiger partial charge >= 0.3 is 6.03 Å². The van der Waals surface area contributed by atoms with Crippen LogP contribution in [0.5, 0.6) is 5.75 Å². The summed E-state index contributed by atoms with van der Waals surface area (Å²) in [5.74, 6) is -0.113. The summed E-state index contributed by atoms with van der Waals surface area (Å²) in [5.41, 5.74) is 2.98. The molecule has 2 aliphatic rings. The molecule has 1 saturated heterocycles. The Bertz CT molecular complexity index is 1160. The van der Waals surface area contributed by atoms with Crippen LogP contribution < -0.4 is 26.0 Å². The first kappa shape index (κ1) is 24.7. The molecule has 0 radical (unpaired) electrons. The van der Waals surface area contributed by atoms with Crippen molar-refractivity contribution >= 4 is 46.7 Å². The van der Waals surface area contributed by atoms with Crippen molar-refractivity contribution < 1.29 is 28.7 Å². The lowest BCUT2D eigenvalue weighted by molar-refractivity contribution is -0.125. The van der Waals surface area contributed by atoms with Crippen LogP contribution in [-0.4, -0.2) is 54.3 Å². The number of urea groups is 1. The maximum absolute atomic E-state index is 12.2. The Balaban J connectivity index is 1.14. The van der Waals surface area contributed by atoms with Gasteiger partial charge in [0.2, 0.25) is 23.6 Å². The fraction of sp³-hybridized carbons (Fsp3) is 0.320. The molecule has 11 heteroatoms. The molecule has 2 aliphatic heterocycles. The standard InChI is InChI=1S/C25H27N5O6/c31-21(2-1-13-36-19-8-9-20-16(14-19)3-10-22(32)29-20)27-17-4-6-18(7-5-17)28-23(33)11-12-30-24(34)15-26-25(30)35/h4-9,14H,1-3,10-13,15H2,(H,26,35)(H,27,31)(H,28,33)(H,29,32). The molecule has 4 rings (SSSR count). The third-order valence-corrected chi connectivity index (χ3v) is 5.74. The van der Waals surface area contributed by atoms with E-state index in [1.54, 1.807) is 30.3 Å². The van der Waals surface area contributed by atoms with Crippen LogP contribution in [0.25, 0.3) is 0 Å². The van der Waals surface area contributed by atoms with Gasteiger partial charge in [0, 0.05) is 42.9 Å². The van der Waals surface area contributed by atoms with Gasteiger partial charge in [0.15, 0.2) is 0 Å². The molecule has 4 N–H and O–H groups in total. The highest BCUT2D eigenvalue weighted by Gasteiger charge is 2.28. The van der Waals surface area contributed by atoms with Crippen molar-refractivity contribution in [2.75, 3.05) is 35.6 Å². The minimum Gasteiger partial charge on any atom is -0.494 e. The second-order valence-corrected chi connectivity index (χ2v) is 8.45. The molecule has 0 aromatic heterocycles.